The molecule has 3 heteroatoms. The predicted octanol–water partition coefficient (Wildman–Crippen LogP) is 1.82. The van der Waals surface area contributed by atoms with Crippen LogP contribution < -0.4 is 5.01 Å². The highest BCUT2D eigenvalue weighted by Crippen LogP contribution is 2.23. The summed E-state index contributed by atoms with van der Waals surface area (Å²) in [6, 6.07) is 6.60. The third-order valence-electron chi connectivity index (χ3n) is 2.93. The maximum atomic E-state index is 2.32. The summed E-state index contributed by atoms with van der Waals surface area (Å²) in [5.41, 5.74) is 3.96. The summed E-state index contributed by atoms with van der Waals surface area (Å²) in [6.07, 6.45) is 0. The van der Waals surface area contributed by atoms with Crippen molar-refractivity contribution in [3.05, 3.63) is 29.3 Å². The highest BCUT2D eigenvalue weighted by Gasteiger charge is 2.24. The van der Waals surface area contributed by atoms with Crippen molar-refractivity contribution in [2.45, 2.75) is 13.8 Å². The molecule has 1 aliphatic rings. The van der Waals surface area contributed by atoms with E-state index in [9.17, 15) is 0 Å². The number of aryl methyl sites for hydroxylation is 2. The molecule has 1 aliphatic heterocycles. The molecule has 82 valence electrons. The van der Waals surface area contributed by atoms with E-state index < -0.39 is 0 Å². The second-order valence-electron chi connectivity index (χ2n) is 4.46. The molecular formula is C12H19N3. The third kappa shape index (κ3) is 1.98. The molecule has 1 saturated heterocycles. The first kappa shape index (κ1) is 10.5. The van der Waals surface area contributed by atoms with Crippen molar-refractivity contribution in [3.8, 4) is 0 Å². The van der Waals surface area contributed by atoms with Gasteiger partial charge >= 0.3 is 0 Å². The normalized spacial score (nSPS) is 17.6. The smallest absolute Gasteiger partial charge is 0.0719 e. The summed E-state index contributed by atoms with van der Waals surface area (Å²) in [4.78, 5) is 2.28. The van der Waals surface area contributed by atoms with E-state index in [0.717, 1.165) is 13.3 Å². The number of benzene rings is 1. The first-order valence-electron chi connectivity index (χ1n) is 5.32. The van der Waals surface area contributed by atoms with Crippen molar-refractivity contribution in [2.75, 3.05) is 32.4 Å². The van der Waals surface area contributed by atoms with Gasteiger partial charge in [0.05, 0.1) is 19.0 Å². The summed E-state index contributed by atoms with van der Waals surface area (Å²) in [5.74, 6) is 0. The highest BCUT2D eigenvalue weighted by molar-refractivity contribution is 5.53. The molecule has 0 bridgehead atoms. The van der Waals surface area contributed by atoms with Crippen molar-refractivity contribution in [2.24, 2.45) is 0 Å². The van der Waals surface area contributed by atoms with Crippen molar-refractivity contribution in [1.29, 1.82) is 0 Å². The van der Waals surface area contributed by atoms with Crippen LogP contribution in [-0.2, 0) is 0 Å². The van der Waals surface area contributed by atoms with E-state index in [-0.39, 0.29) is 0 Å². The molecule has 0 spiro atoms. The zero-order valence-electron chi connectivity index (χ0n) is 9.99. The minimum absolute atomic E-state index is 1.02. The van der Waals surface area contributed by atoms with Gasteiger partial charge in [0.25, 0.3) is 0 Å². The Balaban J connectivity index is 2.15. The topological polar surface area (TPSA) is 9.72 Å². The van der Waals surface area contributed by atoms with Crippen LogP contribution in [0.3, 0.4) is 0 Å². The van der Waals surface area contributed by atoms with E-state index in [1.165, 1.54) is 16.8 Å². The van der Waals surface area contributed by atoms with Gasteiger partial charge in [0.1, 0.15) is 0 Å². The molecule has 0 unspecified atom stereocenters. The summed E-state index contributed by atoms with van der Waals surface area (Å²) in [7, 11) is 4.26. The Kier molecular flexibility index (Phi) is 2.67. The molecule has 1 fully saturated rings. The Morgan fingerprint density at radius 3 is 2.40 bits per heavy atom. The van der Waals surface area contributed by atoms with E-state index in [0.29, 0.717) is 0 Å². The summed E-state index contributed by atoms with van der Waals surface area (Å²) in [6.45, 7) is 6.34. The van der Waals surface area contributed by atoms with Gasteiger partial charge in [0.2, 0.25) is 0 Å². The molecule has 1 heterocycles. The third-order valence-corrected chi connectivity index (χ3v) is 2.93. The fourth-order valence-corrected chi connectivity index (χ4v) is 2.03. The number of anilines is 1. The Labute approximate surface area is 91.9 Å². The standard InChI is InChI=1S/C12H19N3/c1-10-5-6-12(11(2)7-10)14(4)15-8-13(3)9-15/h5-7H,8-9H2,1-4H3. The molecule has 0 N–H and O–H groups in total. The quantitative estimate of drug-likeness (QED) is 0.729. The molecule has 1 aromatic rings. The van der Waals surface area contributed by atoms with E-state index in [4.69, 9.17) is 0 Å². The van der Waals surface area contributed by atoms with E-state index in [1.54, 1.807) is 0 Å². The molecule has 0 amide bonds. The Morgan fingerprint density at radius 2 is 1.87 bits per heavy atom. The SMILES string of the molecule is Cc1ccc(N(C)N2CN(C)C2)c(C)c1. The van der Waals surface area contributed by atoms with Crippen molar-refractivity contribution >= 4 is 5.69 Å². The largest absolute Gasteiger partial charge is 0.306 e. The Morgan fingerprint density at radius 1 is 1.20 bits per heavy atom. The zero-order chi connectivity index (χ0) is 11.0. The van der Waals surface area contributed by atoms with Crippen LogP contribution in [0.5, 0.6) is 0 Å². The minimum Gasteiger partial charge on any atom is -0.306 e. The molecule has 0 atom stereocenters. The molecular weight excluding hydrogens is 186 g/mol. The average Bonchev–Trinajstić information content (AvgIpc) is 2.12. The second-order valence-corrected chi connectivity index (χ2v) is 4.46. The molecule has 2 rings (SSSR count). The van der Waals surface area contributed by atoms with Gasteiger partial charge in [-0.2, -0.15) is 5.01 Å². The molecule has 0 aliphatic carbocycles. The van der Waals surface area contributed by atoms with Gasteiger partial charge in [-0.1, -0.05) is 17.7 Å². The maximum absolute atomic E-state index is 2.32. The lowest BCUT2D eigenvalue weighted by Gasteiger charge is -2.46. The maximum Gasteiger partial charge on any atom is 0.0719 e. The lowest BCUT2D eigenvalue weighted by Crippen LogP contribution is -2.59. The van der Waals surface area contributed by atoms with Crippen LogP contribution in [0.4, 0.5) is 5.69 Å². The number of hydrogen-bond donors (Lipinski definition) is 0. The number of nitrogens with zero attached hydrogens (tertiary/aromatic N) is 3. The van der Waals surface area contributed by atoms with Gasteiger partial charge in [0.15, 0.2) is 0 Å². The van der Waals surface area contributed by atoms with Crippen LogP contribution >= 0.6 is 0 Å². The lowest BCUT2D eigenvalue weighted by atomic mass is 10.1. The van der Waals surface area contributed by atoms with Crippen LogP contribution in [0.2, 0.25) is 0 Å². The summed E-state index contributed by atoms with van der Waals surface area (Å²) >= 11 is 0. The molecule has 3 nitrogen and oxygen atoms in total. The highest BCUT2D eigenvalue weighted by atomic mass is 15.7. The fourth-order valence-electron chi connectivity index (χ4n) is 2.03. The number of rotatable bonds is 2. The van der Waals surface area contributed by atoms with Crippen molar-refractivity contribution < 1.29 is 0 Å². The van der Waals surface area contributed by atoms with Gasteiger partial charge in [-0.05, 0) is 32.5 Å². The van der Waals surface area contributed by atoms with Crippen LogP contribution in [0.15, 0.2) is 18.2 Å². The number of hydrogen-bond acceptors (Lipinski definition) is 3. The molecule has 15 heavy (non-hydrogen) atoms. The van der Waals surface area contributed by atoms with Crippen molar-refractivity contribution in [3.63, 3.8) is 0 Å². The molecule has 0 aromatic heterocycles. The lowest BCUT2D eigenvalue weighted by molar-refractivity contribution is -0.0142. The van der Waals surface area contributed by atoms with Gasteiger partial charge in [-0.25, -0.2) is 0 Å². The van der Waals surface area contributed by atoms with Crippen molar-refractivity contribution in [1.82, 2.24) is 9.91 Å². The van der Waals surface area contributed by atoms with Gasteiger partial charge in [-0.3, -0.25) is 4.90 Å². The number of hydrazine groups is 1. The molecule has 0 radical (unpaired) electrons. The minimum atomic E-state index is 1.02. The van der Waals surface area contributed by atoms with Crippen LogP contribution in [0.1, 0.15) is 11.1 Å². The molecule has 0 saturated carbocycles. The van der Waals surface area contributed by atoms with Crippen LogP contribution in [-0.4, -0.2) is 37.3 Å². The second kappa shape index (κ2) is 3.83. The first-order valence-corrected chi connectivity index (χ1v) is 5.32. The monoisotopic (exact) mass is 205 g/mol. The van der Waals surface area contributed by atoms with E-state index in [1.807, 2.05) is 0 Å². The fraction of sp³-hybridized carbons (Fsp3) is 0.500. The zero-order valence-corrected chi connectivity index (χ0v) is 9.99. The van der Waals surface area contributed by atoms with Gasteiger partial charge in [-0.15, -0.1) is 0 Å². The average molecular weight is 205 g/mol. The summed E-state index contributed by atoms with van der Waals surface area (Å²) in [5, 5.41) is 4.56. The van der Waals surface area contributed by atoms with Crippen LogP contribution in [0, 0.1) is 13.8 Å². The predicted molar refractivity (Wildman–Crippen MR) is 63.7 cm³/mol. The Hall–Kier alpha value is -1.06. The Bertz CT molecular complexity index is 356. The van der Waals surface area contributed by atoms with Crippen LogP contribution in [0.25, 0.3) is 0 Å². The van der Waals surface area contributed by atoms with Gasteiger partial charge < -0.3 is 5.01 Å². The van der Waals surface area contributed by atoms with E-state index >= 15 is 0 Å². The van der Waals surface area contributed by atoms with Gasteiger partial charge in [0, 0.05) is 7.05 Å². The van der Waals surface area contributed by atoms with E-state index in [2.05, 4.69) is 61.1 Å². The first-order chi connectivity index (χ1) is 7.08. The molecule has 1 aromatic carbocycles. The summed E-state index contributed by atoms with van der Waals surface area (Å²) < 4.78 is 0.